The zero-order chi connectivity index (χ0) is 12.3. The van der Waals surface area contributed by atoms with Crippen molar-refractivity contribution in [1.29, 1.82) is 0 Å². The Labute approximate surface area is 106 Å². The molecule has 1 aromatic carbocycles. The van der Waals surface area contributed by atoms with Gasteiger partial charge in [0.25, 0.3) is 0 Å². The molecule has 4 heteroatoms. The summed E-state index contributed by atoms with van der Waals surface area (Å²) >= 11 is 6.02. The van der Waals surface area contributed by atoms with Crippen LogP contribution in [0.2, 0.25) is 5.02 Å². The van der Waals surface area contributed by atoms with Gasteiger partial charge in [-0.25, -0.2) is 0 Å². The fraction of sp³-hybridized carbons (Fsp3) is 0.462. The molecule has 0 N–H and O–H groups in total. The number of hydrogen-bond donors (Lipinski definition) is 0. The summed E-state index contributed by atoms with van der Waals surface area (Å²) in [5.74, 6) is 0.121. The maximum Gasteiger partial charge on any atom is 0.166 e. The summed E-state index contributed by atoms with van der Waals surface area (Å²) in [5.41, 5.74) is 0.934. The Balaban J connectivity index is 1.87. The first-order valence-electron chi connectivity index (χ1n) is 5.71. The van der Waals surface area contributed by atoms with Crippen molar-refractivity contribution < 1.29 is 14.3 Å². The van der Waals surface area contributed by atoms with Crippen molar-refractivity contribution in [3.63, 3.8) is 0 Å². The Hall–Kier alpha value is -0.900. The molecule has 3 nitrogen and oxygen atoms in total. The molecule has 2 unspecified atom stereocenters. The highest BCUT2D eigenvalue weighted by molar-refractivity contribution is 6.31. The number of benzene rings is 1. The van der Waals surface area contributed by atoms with E-state index in [1.807, 2.05) is 31.2 Å². The minimum absolute atomic E-state index is 0.121. The van der Waals surface area contributed by atoms with E-state index in [-0.39, 0.29) is 18.0 Å². The molecule has 0 amide bonds. The second-order valence-corrected chi connectivity index (χ2v) is 4.39. The molecule has 0 bridgehead atoms. The summed E-state index contributed by atoms with van der Waals surface area (Å²) in [6.07, 6.45) is -0.0732. The molecule has 0 heterocycles. The molecular formula is C13H15ClO3. The molecular weight excluding hydrogens is 240 g/mol. The lowest BCUT2D eigenvalue weighted by Crippen LogP contribution is -2.50. The Kier molecular flexibility index (Phi) is 4.15. The minimum atomic E-state index is -0.387. The van der Waals surface area contributed by atoms with Gasteiger partial charge in [0.05, 0.1) is 12.7 Å². The topological polar surface area (TPSA) is 35.5 Å². The van der Waals surface area contributed by atoms with Crippen molar-refractivity contribution in [2.24, 2.45) is 0 Å². The van der Waals surface area contributed by atoms with Gasteiger partial charge in [-0.3, -0.25) is 4.79 Å². The molecule has 2 rings (SSSR count). The zero-order valence-electron chi connectivity index (χ0n) is 9.69. The number of carbonyl (C=O) groups excluding carboxylic acids is 1. The van der Waals surface area contributed by atoms with Crippen LogP contribution in [-0.4, -0.2) is 24.6 Å². The van der Waals surface area contributed by atoms with Crippen molar-refractivity contribution in [2.45, 2.75) is 32.2 Å². The predicted octanol–water partition coefficient (Wildman–Crippen LogP) is 2.60. The van der Waals surface area contributed by atoms with Crippen LogP contribution in [0.3, 0.4) is 0 Å². The van der Waals surface area contributed by atoms with Crippen LogP contribution in [0.4, 0.5) is 0 Å². The molecule has 17 heavy (non-hydrogen) atoms. The molecule has 0 saturated heterocycles. The van der Waals surface area contributed by atoms with E-state index in [0.717, 1.165) is 5.56 Å². The highest BCUT2D eigenvalue weighted by Gasteiger charge is 2.41. The zero-order valence-corrected chi connectivity index (χ0v) is 10.4. The molecule has 92 valence electrons. The van der Waals surface area contributed by atoms with Gasteiger partial charge in [0.2, 0.25) is 0 Å². The maximum atomic E-state index is 11.3. The van der Waals surface area contributed by atoms with Crippen LogP contribution in [0.5, 0.6) is 0 Å². The summed E-state index contributed by atoms with van der Waals surface area (Å²) in [6, 6.07) is 7.53. The van der Waals surface area contributed by atoms with Crippen LogP contribution in [0.1, 0.15) is 18.9 Å². The number of hydrogen-bond acceptors (Lipinski definition) is 3. The summed E-state index contributed by atoms with van der Waals surface area (Å²) < 4.78 is 11.0. The number of rotatable bonds is 5. The Morgan fingerprint density at radius 2 is 2.12 bits per heavy atom. The molecule has 0 aromatic heterocycles. The van der Waals surface area contributed by atoms with E-state index in [9.17, 15) is 4.79 Å². The van der Waals surface area contributed by atoms with Gasteiger partial charge < -0.3 is 9.47 Å². The lowest BCUT2D eigenvalue weighted by molar-refractivity contribution is -0.166. The number of Topliss-reactive ketones (excluding diaryl/α,β-unsaturated/α-hetero) is 1. The average Bonchev–Trinajstić information content (AvgIpc) is 2.33. The van der Waals surface area contributed by atoms with Crippen LogP contribution in [0.25, 0.3) is 0 Å². The molecule has 1 fully saturated rings. The fourth-order valence-corrected chi connectivity index (χ4v) is 2.00. The van der Waals surface area contributed by atoms with Gasteiger partial charge in [0, 0.05) is 18.1 Å². The number of carbonyl (C=O) groups is 1. The molecule has 0 spiro atoms. The van der Waals surface area contributed by atoms with Crippen molar-refractivity contribution in [3.8, 4) is 0 Å². The first kappa shape index (κ1) is 12.6. The van der Waals surface area contributed by atoms with Crippen LogP contribution >= 0.6 is 11.6 Å². The molecule has 2 atom stereocenters. The molecule has 1 aromatic rings. The first-order valence-corrected chi connectivity index (χ1v) is 6.09. The summed E-state index contributed by atoms with van der Waals surface area (Å²) in [5, 5.41) is 0.686. The van der Waals surface area contributed by atoms with Gasteiger partial charge in [-0.1, -0.05) is 29.8 Å². The summed E-state index contributed by atoms with van der Waals surface area (Å²) in [6.45, 7) is 2.82. The van der Waals surface area contributed by atoms with Crippen molar-refractivity contribution in [2.75, 3.05) is 6.61 Å². The normalized spacial score (nSPS) is 23.5. The van der Waals surface area contributed by atoms with Crippen LogP contribution in [0.15, 0.2) is 24.3 Å². The monoisotopic (exact) mass is 254 g/mol. The van der Waals surface area contributed by atoms with E-state index in [1.165, 1.54) is 0 Å². The predicted molar refractivity (Wildman–Crippen MR) is 65.1 cm³/mol. The number of ether oxygens (including phenoxy) is 2. The third-order valence-electron chi connectivity index (χ3n) is 2.81. The van der Waals surface area contributed by atoms with Gasteiger partial charge in [0.15, 0.2) is 5.78 Å². The standard InChI is InChI=1S/C13H15ClO3/c1-2-16-13-11(15)7-12(13)17-8-9-5-3-4-6-10(9)14/h3-6,12-13H,2,7-8H2,1H3. The van der Waals surface area contributed by atoms with Gasteiger partial charge >= 0.3 is 0 Å². The largest absolute Gasteiger partial charge is 0.370 e. The highest BCUT2D eigenvalue weighted by Crippen LogP contribution is 2.25. The summed E-state index contributed by atoms with van der Waals surface area (Å²) in [7, 11) is 0. The molecule has 0 aliphatic heterocycles. The van der Waals surface area contributed by atoms with Crippen LogP contribution < -0.4 is 0 Å². The van der Waals surface area contributed by atoms with Crippen LogP contribution in [0, 0.1) is 0 Å². The second kappa shape index (κ2) is 5.63. The van der Waals surface area contributed by atoms with Gasteiger partial charge in [-0.2, -0.15) is 0 Å². The third kappa shape index (κ3) is 2.86. The average molecular weight is 255 g/mol. The lowest BCUT2D eigenvalue weighted by atomic mass is 9.90. The Morgan fingerprint density at radius 3 is 2.76 bits per heavy atom. The van der Waals surface area contributed by atoms with E-state index in [0.29, 0.717) is 24.7 Å². The molecule has 1 saturated carbocycles. The van der Waals surface area contributed by atoms with E-state index in [1.54, 1.807) is 0 Å². The Morgan fingerprint density at radius 1 is 1.35 bits per heavy atom. The summed E-state index contributed by atoms with van der Waals surface area (Å²) in [4.78, 5) is 11.3. The van der Waals surface area contributed by atoms with E-state index in [2.05, 4.69) is 0 Å². The lowest BCUT2D eigenvalue weighted by Gasteiger charge is -2.34. The minimum Gasteiger partial charge on any atom is -0.370 e. The first-order chi connectivity index (χ1) is 8.22. The van der Waals surface area contributed by atoms with Crippen LogP contribution in [-0.2, 0) is 20.9 Å². The smallest absolute Gasteiger partial charge is 0.166 e. The van der Waals surface area contributed by atoms with Gasteiger partial charge in [0.1, 0.15) is 6.10 Å². The Bertz CT molecular complexity index is 405. The molecule has 0 radical (unpaired) electrons. The van der Waals surface area contributed by atoms with Crippen molar-refractivity contribution >= 4 is 17.4 Å². The fourth-order valence-electron chi connectivity index (χ4n) is 1.81. The SMILES string of the molecule is CCOC1C(=O)CC1OCc1ccccc1Cl. The van der Waals surface area contributed by atoms with E-state index < -0.39 is 0 Å². The third-order valence-corrected chi connectivity index (χ3v) is 3.18. The van der Waals surface area contributed by atoms with E-state index >= 15 is 0 Å². The quantitative estimate of drug-likeness (QED) is 0.810. The van der Waals surface area contributed by atoms with Gasteiger partial charge in [-0.05, 0) is 18.6 Å². The van der Waals surface area contributed by atoms with Crippen molar-refractivity contribution in [1.82, 2.24) is 0 Å². The highest BCUT2D eigenvalue weighted by atomic mass is 35.5. The number of ketones is 1. The molecule has 1 aliphatic carbocycles. The number of halogens is 1. The van der Waals surface area contributed by atoms with E-state index in [4.69, 9.17) is 21.1 Å². The van der Waals surface area contributed by atoms with Crippen molar-refractivity contribution in [3.05, 3.63) is 34.9 Å². The molecule has 1 aliphatic rings. The van der Waals surface area contributed by atoms with Gasteiger partial charge in [-0.15, -0.1) is 0 Å². The maximum absolute atomic E-state index is 11.3. The second-order valence-electron chi connectivity index (χ2n) is 3.99.